The van der Waals surface area contributed by atoms with Crippen molar-refractivity contribution in [2.24, 2.45) is 5.73 Å². The zero-order valence-corrected chi connectivity index (χ0v) is 12.4. The SMILES string of the molecule is CCCNC(CN1c2ccccc2CCC1C)C(N)=O. The number of nitrogens with one attached hydrogen (secondary N) is 1. The molecule has 4 nitrogen and oxygen atoms in total. The first-order valence-corrected chi connectivity index (χ1v) is 7.50. The van der Waals surface area contributed by atoms with E-state index in [0.717, 1.165) is 25.8 Å². The number of hydrogen-bond donors (Lipinski definition) is 2. The second-order valence-electron chi connectivity index (χ2n) is 5.58. The standard InChI is InChI=1S/C16H25N3O/c1-3-10-18-14(16(17)20)11-19-12(2)8-9-13-6-4-5-7-15(13)19/h4-7,12,14,18H,3,8-11H2,1-2H3,(H2,17,20). The second kappa shape index (κ2) is 6.75. The van der Waals surface area contributed by atoms with Crippen LogP contribution in [0.4, 0.5) is 5.69 Å². The van der Waals surface area contributed by atoms with Gasteiger partial charge in [0.1, 0.15) is 6.04 Å². The van der Waals surface area contributed by atoms with Crippen molar-refractivity contribution in [1.29, 1.82) is 0 Å². The zero-order valence-electron chi connectivity index (χ0n) is 12.4. The van der Waals surface area contributed by atoms with Gasteiger partial charge in [-0.15, -0.1) is 0 Å². The summed E-state index contributed by atoms with van der Waals surface area (Å²) in [4.78, 5) is 13.9. The molecule has 0 fully saturated rings. The maximum Gasteiger partial charge on any atom is 0.236 e. The van der Waals surface area contributed by atoms with Gasteiger partial charge in [0.25, 0.3) is 0 Å². The van der Waals surface area contributed by atoms with Crippen molar-refractivity contribution >= 4 is 11.6 Å². The van der Waals surface area contributed by atoms with E-state index in [-0.39, 0.29) is 11.9 Å². The highest BCUT2D eigenvalue weighted by Crippen LogP contribution is 2.30. The Kier molecular flexibility index (Phi) is 5.01. The molecule has 1 amide bonds. The lowest BCUT2D eigenvalue weighted by molar-refractivity contribution is -0.119. The minimum Gasteiger partial charge on any atom is -0.368 e. The second-order valence-corrected chi connectivity index (χ2v) is 5.58. The van der Waals surface area contributed by atoms with Crippen LogP contribution in [0, 0.1) is 0 Å². The van der Waals surface area contributed by atoms with Gasteiger partial charge in [0.05, 0.1) is 0 Å². The molecule has 3 N–H and O–H groups in total. The number of carbonyl (C=O) groups excluding carboxylic acids is 1. The van der Waals surface area contributed by atoms with E-state index in [9.17, 15) is 4.79 Å². The van der Waals surface area contributed by atoms with E-state index in [1.807, 2.05) is 0 Å². The number of primary amides is 1. The summed E-state index contributed by atoms with van der Waals surface area (Å²) < 4.78 is 0. The molecule has 0 saturated carbocycles. The van der Waals surface area contributed by atoms with Gasteiger partial charge in [-0.05, 0) is 44.4 Å². The molecule has 0 spiro atoms. The average Bonchev–Trinajstić information content (AvgIpc) is 2.45. The molecule has 1 aromatic rings. The van der Waals surface area contributed by atoms with E-state index < -0.39 is 0 Å². The summed E-state index contributed by atoms with van der Waals surface area (Å²) in [6.07, 6.45) is 3.23. The average molecular weight is 275 g/mol. The van der Waals surface area contributed by atoms with Crippen molar-refractivity contribution in [1.82, 2.24) is 5.32 Å². The maximum atomic E-state index is 11.6. The third kappa shape index (κ3) is 3.31. The Morgan fingerprint density at radius 3 is 2.95 bits per heavy atom. The normalized spacial score (nSPS) is 19.5. The molecule has 4 heteroatoms. The lowest BCUT2D eigenvalue weighted by atomic mass is 9.96. The number of anilines is 1. The lowest BCUT2D eigenvalue weighted by Crippen LogP contribution is -2.52. The summed E-state index contributed by atoms with van der Waals surface area (Å²) in [6.45, 7) is 5.77. The van der Waals surface area contributed by atoms with Crippen LogP contribution in [0.2, 0.25) is 0 Å². The predicted molar refractivity (Wildman–Crippen MR) is 82.8 cm³/mol. The highest BCUT2D eigenvalue weighted by molar-refractivity contribution is 5.80. The molecule has 0 saturated heterocycles. The van der Waals surface area contributed by atoms with Crippen molar-refractivity contribution in [2.45, 2.75) is 45.2 Å². The molecule has 2 rings (SSSR count). The number of fused-ring (bicyclic) bond motifs is 1. The van der Waals surface area contributed by atoms with Crippen LogP contribution < -0.4 is 16.0 Å². The molecule has 0 bridgehead atoms. The molecule has 1 heterocycles. The lowest BCUT2D eigenvalue weighted by Gasteiger charge is -2.38. The minimum absolute atomic E-state index is 0.270. The molecule has 0 radical (unpaired) electrons. The van der Waals surface area contributed by atoms with E-state index in [0.29, 0.717) is 12.6 Å². The van der Waals surface area contributed by atoms with Gasteiger partial charge < -0.3 is 16.0 Å². The number of nitrogens with zero attached hydrogens (tertiary/aromatic N) is 1. The largest absolute Gasteiger partial charge is 0.368 e. The first-order chi connectivity index (χ1) is 9.63. The monoisotopic (exact) mass is 275 g/mol. The highest BCUT2D eigenvalue weighted by Gasteiger charge is 2.26. The van der Waals surface area contributed by atoms with Crippen LogP contribution >= 0.6 is 0 Å². The summed E-state index contributed by atoms with van der Waals surface area (Å²) in [5.41, 5.74) is 8.14. The van der Waals surface area contributed by atoms with Crippen molar-refractivity contribution in [3.8, 4) is 0 Å². The van der Waals surface area contributed by atoms with Crippen LogP contribution in [-0.4, -0.2) is 31.1 Å². The Morgan fingerprint density at radius 1 is 1.50 bits per heavy atom. The quantitative estimate of drug-likeness (QED) is 0.830. The van der Waals surface area contributed by atoms with Gasteiger partial charge in [-0.25, -0.2) is 0 Å². The number of rotatable bonds is 6. The van der Waals surface area contributed by atoms with Gasteiger partial charge in [-0.1, -0.05) is 25.1 Å². The number of para-hydroxylation sites is 1. The fraction of sp³-hybridized carbons (Fsp3) is 0.562. The molecule has 2 unspecified atom stereocenters. The first kappa shape index (κ1) is 14.9. The fourth-order valence-corrected chi connectivity index (χ4v) is 2.81. The van der Waals surface area contributed by atoms with Crippen LogP contribution in [0.1, 0.15) is 32.3 Å². The number of aryl methyl sites for hydroxylation is 1. The topological polar surface area (TPSA) is 58.4 Å². The highest BCUT2D eigenvalue weighted by atomic mass is 16.1. The Labute approximate surface area is 121 Å². The predicted octanol–water partition coefficient (Wildman–Crippen LogP) is 1.68. The fourth-order valence-electron chi connectivity index (χ4n) is 2.81. The summed E-state index contributed by atoms with van der Waals surface area (Å²) in [6, 6.07) is 8.60. The molecule has 0 aliphatic carbocycles. The summed E-state index contributed by atoms with van der Waals surface area (Å²) in [5, 5.41) is 3.25. The van der Waals surface area contributed by atoms with Crippen LogP contribution in [-0.2, 0) is 11.2 Å². The van der Waals surface area contributed by atoms with E-state index in [2.05, 4.69) is 48.3 Å². The zero-order chi connectivity index (χ0) is 14.5. The van der Waals surface area contributed by atoms with E-state index >= 15 is 0 Å². The van der Waals surface area contributed by atoms with Crippen molar-refractivity contribution in [2.75, 3.05) is 18.0 Å². The molecule has 110 valence electrons. The number of benzene rings is 1. The Morgan fingerprint density at radius 2 is 2.25 bits per heavy atom. The molecular weight excluding hydrogens is 250 g/mol. The van der Waals surface area contributed by atoms with Crippen LogP contribution in [0.3, 0.4) is 0 Å². The minimum atomic E-state index is -0.288. The van der Waals surface area contributed by atoms with Gasteiger partial charge in [0.15, 0.2) is 0 Å². The van der Waals surface area contributed by atoms with Gasteiger partial charge in [0.2, 0.25) is 5.91 Å². The molecule has 0 aromatic heterocycles. The molecule has 1 aliphatic heterocycles. The third-order valence-electron chi connectivity index (χ3n) is 4.03. The molecule has 2 atom stereocenters. The van der Waals surface area contributed by atoms with Crippen molar-refractivity contribution in [3.63, 3.8) is 0 Å². The van der Waals surface area contributed by atoms with Crippen molar-refractivity contribution in [3.05, 3.63) is 29.8 Å². The van der Waals surface area contributed by atoms with Crippen LogP contribution in [0.15, 0.2) is 24.3 Å². The number of amides is 1. The first-order valence-electron chi connectivity index (χ1n) is 7.50. The molecular formula is C16H25N3O. The molecule has 20 heavy (non-hydrogen) atoms. The van der Waals surface area contributed by atoms with Crippen molar-refractivity contribution < 1.29 is 4.79 Å². The van der Waals surface area contributed by atoms with E-state index in [1.54, 1.807) is 0 Å². The number of hydrogen-bond acceptors (Lipinski definition) is 3. The third-order valence-corrected chi connectivity index (χ3v) is 4.03. The Hall–Kier alpha value is -1.55. The van der Waals surface area contributed by atoms with E-state index in [4.69, 9.17) is 5.73 Å². The maximum absolute atomic E-state index is 11.6. The van der Waals surface area contributed by atoms with Gasteiger partial charge in [0, 0.05) is 18.3 Å². The Bertz CT molecular complexity index is 461. The summed E-state index contributed by atoms with van der Waals surface area (Å²) >= 11 is 0. The summed E-state index contributed by atoms with van der Waals surface area (Å²) in [7, 11) is 0. The number of nitrogens with two attached hydrogens (primary N) is 1. The number of carbonyl (C=O) groups is 1. The molecule has 1 aliphatic rings. The van der Waals surface area contributed by atoms with Crippen LogP contribution in [0.5, 0.6) is 0 Å². The molecule has 1 aromatic carbocycles. The van der Waals surface area contributed by atoms with Gasteiger partial charge in [-0.2, -0.15) is 0 Å². The van der Waals surface area contributed by atoms with Gasteiger partial charge in [-0.3, -0.25) is 4.79 Å². The van der Waals surface area contributed by atoms with Gasteiger partial charge >= 0.3 is 0 Å². The smallest absolute Gasteiger partial charge is 0.236 e. The summed E-state index contributed by atoms with van der Waals surface area (Å²) in [5.74, 6) is -0.270. The van der Waals surface area contributed by atoms with Crippen LogP contribution in [0.25, 0.3) is 0 Å². The van der Waals surface area contributed by atoms with E-state index in [1.165, 1.54) is 11.3 Å². The Balaban J connectivity index is 2.16.